The first kappa shape index (κ1) is 18.9. The molecule has 2 fully saturated rings. The van der Waals surface area contributed by atoms with E-state index in [0.29, 0.717) is 5.91 Å². The van der Waals surface area contributed by atoms with Gasteiger partial charge in [0.1, 0.15) is 0 Å². The predicted octanol–water partition coefficient (Wildman–Crippen LogP) is 3.24. The number of nitrogens with zero attached hydrogens (tertiary/aromatic N) is 2. The summed E-state index contributed by atoms with van der Waals surface area (Å²) in [7, 11) is 0. The number of carbonyl (C=O) groups is 1. The molecule has 3 aliphatic rings. The molecule has 0 bridgehead atoms. The standard InChI is InChI=1S/C23H34N2O2/c1-23(11-7-20-5-2-3-6-21(20)23)22(26)25-13-4-12-24(15-16-25)14-8-19-9-17-27-18-10-19/h2-3,5-6,19H,4,7-18H2,1H3. The first-order chi connectivity index (χ1) is 13.2. The lowest BCUT2D eigenvalue weighted by Gasteiger charge is -2.32. The van der Waals surface area contributed by atoms with E-state index in [-0.39, 0.29) is 5.41 Å². The fraction of sp³-hybridized carbons (Fsp3) is 0.696. The molecule has 0 N–H and O–H groups in total. The van der Waals surface area contributed by atoms with Crippen molar-refractivity contribution in [1.82, 2.24) is 9.80 Å². The molecule has 0 spiro atoms. The van der Waals surface area contributed by atoms with Crippen molar-refractivity contribution in [1.29, 1.82) is 0 Å². The van der Waals surface area contributed by atoms with Crippen LogP contribution in [-0.2, 0) is 21.4 Å². The van der Waals surface area contributed by atoms with Crippen LogP contribution in [-0.4, -0.2) is 61.6 Å². The molecule has 0 radical (unpaired) electrons. The maximum atomic E-state index is 13.4. The second-order valence-corrected chi connectivity index (χ2v) is 8.82. The zero-order valence-electron chi connectivity index (χ0n) is 16.8. The molecule has 1 aromatic carbocycles. The average molecular weight is 371 g/mol. The van der Waals surface area contributed by atoms with Gasteiger partial charge in [0.15, 0.2) is 0 Å². The van der Waals surface area contributed by atoms with Gasteiger partial charge in [0.25, 0.3) is 0 Å². The summed E-state index contributed by atoms with van der Waals surface area (Å²) in [5.74, 6) is 1.17. The number of benzene rings is 1. The van der Waals surface area contributed by atoms with Gasteiger partial charge in [-0.2, -0.15) is 0 Å². The summed E-state index contributed by atoms with van der Waals surface area (Å²) in [5.41, 5.74) is 2.30. The molecule has 1 aliphatic carbocycles. The Bertz CT molecular complexity index is 656. The molecule has 1 aromatic rings. The van der Waals surface area contributed by atoms with Crippen molar-refractivity contribution >= 4 is 5.91 Å². The highest BCUT2D eigenvalue weighted by Gasteiger charge is 2.43. The third-order valence-electron chi connectivity index (χ3n) is 7.05. The summed E-state index contributed by atoms with van der Waals surface area (Å²) >= 11 is 0. The Labute approximate surface area is 163 Å². The minimum absolute atomic E-state index is 0.326. The minimum atomic E-state index is -0.326. The molecule has 2 heterocycles. The minimum Gasteiger partial charge on any atom is -0.381 e. The maximum absolute atomic E-state index is 13.4. The van der Waals surface area contributed by atoms with Crippen LogP contribution in [0.4, 0.5) is 0 Å². The fourth-order valence-electron chi connectivity index (χ4n) is 5.16. The van der Waals surface area contributed by atoms with Crippen LogP contribution in [0, 0.1) is 5.92 Å². The van der Waals surface area contributed by atoms with Gasteiger partial charge >= 0.3 is 0 Å². The van der Waals surface area contributed by atoms with Gasteiger partial charge in [0, 0.05) is 32.8 Å². The third kappa shape index (κ3) is 4.07. The van der Waals surface area contributed by atoms with E-state index >= 15 is 0 Å². The van der Waals surface area contributed by atoms with Crippen molar-refractivity contribution in [3.05, 3.63) is 35.4 Å². The Hall–Kier alpha value is -1.39. The smallest absolute Gasteiger partial charge is 0.233 e. The molecule has 0 saturated carbocycles. The van der Waals surface area contributed by atoms with Crippen molar-refractivity contribution < 1.29 is 9.53 Å². The number of fused-ring (bicyclic) bond motifs is 1. The van der Waals surface area contributed by atoms with Gasteiger partial charge < -0.3 is 14.5 Å². The Balaban J connectivity index is 1.33. The zero-order valence-corrected chi connectivity index (χ0v) is 16.8. The summed E-state index contributed by atoms with van der Waals surface area (Å²) in [6, 6.07) is 8.53. The molecule has 4 nitrogen and oxygen atoms in total. The second-order valence-electron chi connectivity index (χ2n) is 8.82. The van der Waals surface area contributed by atoms with Crippen molar-refractivity contribution in [2.45, 2.75) is 50.9 Å². The molecule has 1 atom stereocenters. The van der Waals surface area contributed by atoms with E-state index in [1.165, 1.54) is 36.9 Å². The van der Waals surface area contributed by atoms with Crippen molar-refractivity contribution in [3.8, 4) is 0 Å². The molecule has 2 aliphatic heterocycles. The Kier molecular flexibility index (Phi) is 5.84. The normalized spacial score (nSPS) is 27.4. The quantitative estimate of drug-likeness (QED) is 0.816. The lowest BCUT2D eigenvalue weighted by atomic mass is 9.82. The molecule has 148 valence electrons. The van der Waals surface area contributed by atoms with Crippen molar-refractivity contribution in [3.63, 3.8) is 0 Å². The highest BCUT2D eigenvalue weighted by molar-refractivity contribution is 5.89. The number of carbonyl (C=O) groups excluding carboxylic acids is 1. The van der Waals surface area contributed by atoms with Crippen molar-refractivity contribution in [2.24, 2.45) is 5.92 Å². The Morgan fingerprint density at radius 2 is 1.96 bits per heavy atom. The Morgan fingerprint density at radius 1 is 1.15 bits per heavy atom. The van der Waals surface area contributed by atoms with Gasteiger partial charge in [-0.15, -0.1) is 0 Å². The molecule has 0 aromatic heterocycles. The number of hydrogen-bond donors (Lipinski definition) is 0. The van der Waals surface area contributed by atoms with E-state index in [1.54, 1.807) is 0 Å². The summed E-state index contributed by atoms with van der Waals surface area (Å²) in [4.78, 5) is 18.2. The van der Waals surface area contributed by atoms with E-state index < -0.39 is 0 Å². The third-order valence-corrected chi connectivity index (χ3v) is 7.05. The number of ether oxygens (including phenoxy) is 1. The molecule has 27 heavy (non-hydrogen) atoms. The first-order valence-corrected chi connectivity index (χ1v) is 10.8. The van der Waals surface area contributed by atoms with Gasteiger partial charge in [0.05, 0.1) is 5.41 Å². The van der Waals surface area contributed by atoms with Gasteiger partial charge in [-0.25, -0.2) is 0 Å². The molecular formula is C23H34N2O2. The van der Waals surface area contributed by atoms with Gasteiger partial charge in [0.2, 0.25) is 5.91 Å². The highest BCUT2D eigenvalue weighted by Crippen LogP contribution is 2.40. The number of rotatable bonds is 4. The van der Waals surface area contributed by atoms with Crippen LogP contribution in [0.25, 0.3) is 0 Å². The summed E-state index contributed by atoms with van der Waals surface area (Å²) in [6.45, 7) is 9.14. The van der Waals surface area contributed by atoms with E-state index in [4.69, 9.17) is 4.74 Å². The van der Waals surface area contributed by atoms with Crippen LogP contribution in [0.1, 0.15) is 50.2 Å². The van der Waals surface area contributed by atoms with E-state index in [9.17, 15) is 4.79 Å². The van der Waals surface area contributed by atoms with Gasteiger partial charge in [-0.1, -0.05) is 24.3 Å². The molecule has 1 amide bonds. The lowest BCUT2D eigenvalue weighted by molar-refractivity contribution is -0.136. The van der Waals surface area contributed by atoms with Crippen LogP contribution >= 0.6 is 0 Å². The van der Waals surface area contributed by atoms with E-state index in [1.807, 2.05) is 0 Å². The van der Waals surface area contributed by atoms with Crippen LogP contribution in [0.15, 0.2) is 24.3 Å². The molecule has 1 unspecified atom stereocenters. The largest absolute Gasteiger partial charge is 0.381 e. The molecule has 4 heteroatoms. The Morgan fingerprint density at radius 3 is 2.81 bits per heavy atom. The molecular weight excluding hydrogens is 336 g/mol. The van der Waals surface area contributed by atoms with E-state index in [0.717, 1.165) is 64.6 Å². The number of hydrogen-bond acceptors (Lipinski definition) is 3. The van der Waals surface area contributed by atoms with Crippen molar-refractivity contribution in [2.75, 3.05) is 45.9 Å². The summed E-state index contributed by atoms with van der Waals surface area (Å²) < 4.78 is 5.48. The van der Waals surface area contributed by atoms with E-state index in [2.05, 4.69) is 41.0 Å². The van der Waals surface area contributed by atoms with Gasteiger partial charge in [-0.05, 0) is 75.6 Å². The average Bonchev–Trinajstić information content (AvgIpc) is 2.90. The van der Waals surface area contributed by atoms with Crippen LogP contribution in [0.2, 0.25) is 0 Å². The number of amides is 1. The highest BCUT2D eigenvalue weighted by atomic mass is 16.5. The monoisotopic (exact) mass is 370 g/mol. The van der Waals surface area contributed by atoms with Gasteiger partial charge in [-0.3, -0.25) is 4.79 Å². The van der Waals surface area contributed by atoms with Crippen LogP contribution < -0.4 is 0 Å². The van der Waals surface area contributed by atoms with Crippen LogP contribution in [0.5, 0.6) is 0 Å². The summed E-state index contributed by atoms with van der Waals surface area (Å²) in [5, 5.41) is 0. The zero-order chi connectivity index (χ0) is 18.7. The SMILES string of the molecule is CC1(C(=O)N2CCCN(CCC3CCOCC3)CC2)CCc2ccccc21. The number of aryl methyl sites for hydroxylation is 1. The predicted molar refractivity (Wildman–Crippen MR) is 108 cm³/mol. The maximum Gasteiger partial charge on any atom is 0.233 e. The topological polar surface area (TPSA) is 32.8 Å². The first-order valence-electron chi connectivity index (χ1n) is 10.8. The fourth-order valence-corrected chi connectivity index (χ4v) is 5.16. The summed E-state index contributed by atoms with van der Waals surface area (Å²) in [6.07, 6.45) is 6.80. The molecule has 4 rings (SSSR count). The molecule has 2 saturated heterocycles. The lowest BCUT2D eigenvalue weighted by Crippen LogP contribution is -2.45. The second kappa shape index (κ2) is 8.32. The van der Waals surface area contributed by atoms with Crippen LogP contribution in [0.3, 0.4) is 0 Å².